The average Bonchev–Trinajstić information content (AvgIpc) is 2.55. The summed E-state index contributed by atoms with van der Waals surface area (Å²) >= 11 is 3.44. The molecule has 0 fully saturated rings. The molecule has 0 aliphatic heterocycles. The van der Waals surface area contributed by atoms with Gasteiger partial charge in [-0.15, -0.1) is 0 Å². The van der Waals surface area contributed by atoms with E-state index in [1.165, 1.54) is 0 Å². The maximum atomic E-state index is 12.1. The summed E-state index contributed by atoms with van der Waals surface area (Å²) in [4.78, 5) is 25.4. The monoisotopic (exact) mass is 418 g/mol. The van der Waals surface area contributed by atoms with Crippen molar-refractivity contribution in [2.24, 2.45) is 0 Å². The molecule has 0 atom stereocenters. The smallest absolute Gasteiger partial charge is 0.262 e. The van der Waals surface area contributed by atoms with E-state index in [9.17, 15) is 9.59 Å². The van der Waals surface area contributed by atoms with Crippen molar-refractivity contribution in [3.8, 4) is 5.75 Å². The highest BCUT2D eigenvalue weighted by molar-refractivity contribution is 9.10. The number of aryl methyl sites for hydroxylation is 2. The molecular formula is C20H23BrN2O3. The highest BCUT2D eigenvalue weighted by Gasteiger charge is 2.10. The average molecular weight is 419 g/mol. The van der Waals surface area contributed by atoms with Crippen LogP contribution in [0.2, 0.25) is 0 Å². The van der Waals surface area contributed by atoms with Crippen molar-refractivity contribution in [3.05, 3.63) is 57.6 Å². The van der Waals surface area contributed by atoms with Gasteiger partial charge in [-0.2, -0.15) is 0 Å². The van der Waals surface area contributed by atoms with Crippen LogP contribution in [-0.2, 0) is 16.0 Å². The van der Waals surface area contributed by atoms with Crippen LogP contribution in [0.1, 0.15) is 16.7 Å². The van der Waals surface area contributed by atoms with E-state index in [1.54, 1.807) is 31.1 Å². The third kappa shape index (κ3) is 5.59. The van der Waals surface area contributed by atoms with E-state index < -0.39 is 0 Å². The third-order valence-electron chi connectivity index (χ3n) is 3.86. The number of halogens is 1. The number of nitrogens with one attached hydrogen (secondary N) is 1. The number of benzene rings is 2. The maximum Gasteiger partial charge on any atom is 0.262 e. The number of carbonyl (C=O) groups is 2. The topological polar surface area (TPSA) is 58.6 Å². The zero-order valence-electron chi connectivity index (χ0n) is 15.4. The standard InChI is InChI=1S/C20H23BrN2O3/c1-13-9-16(21)10-14(2)20(13)26-12-18(24)22-17-7-5-15(6-8-17)11-19(25)23(3)4/h5-10H,11-12H2,1-4H3,(H,22,24). The summed E-state index contributed by atoms with van der Waals surface area (Å²) in [5.74, 6) is 0.528. The number of hydrogen-bond acceptors (Lipinski definition) is 3. The first-order valence-electron chi connectivity index (χ1n) is 8.24. The first kappa shape index (κ1) is 20.0. The molecule has 6 heteroatoms. The van der Waals surface area contributed by atoms with Crippen LogP contribution in [0.15, 0.2) is 40.9 Å². The first-order chi connectivity index (χ1) is 12.3. The molecule has 0 spiro atoms. The van der Waals surface area contributed by atoms with Crippen LogP contribution in [-0.4, -0.2) is 37.4 Å². The van der Waals surface area contributed by atoms with Gasteiger partial charge in [0.05, 0.1) is 6.42 Å². The number of ether oxygens (including phenoxy) is 1. The Morgan fingerprint density at radius 3 is 2.19 bits per heavy atom. The highest BCUT2D eigenvalue weighted by Crippen LogP contribution is 2.27. The molecule has 5 nitrogen and oxygen atoms in total. The number of carbonyl (C=O) groups excluding carboxylic acids is 2. The number of likely N-dealkylation sites (N-methyl/N-ethyl adjacent to an activating group) is 1. The largest absolute Gasteiger partial charge is 0.483 e. The van der Waals surface area contributed by atoms with Crippen molar-refractivity contribution in [3.63, 3.8) is 0 Å². The molecule has 0 saturated heterocycles. The van der Waals surface area contributed by atoms with Crippen LogP contribution in [0.3, 0.4) is 0 Å². The van der Waals surface area contributed by atoms with Crippen LogP contribution >= 0.6 is 15.9 Å². The first-order valence-corrected chi connectivity index (χ1v) is 9.04. The summed E-state index contributed by atoms with van der Waals surface area (Å²) in [6.07, 6.45) is 0.340. The fourth-order valence-electron chi connectivity index (χ4n) is 2.50. The Bertz CT molecular complexity index is 778. The SMILES string of the molecule is Cc1cc(Br)cc(C)c1OCC(=O)Nc1ccc(CC(=O)N(C)C)cc1. The molecule has 0 aliphatic carbocycles. The van der Waals surface area contributed by atoms with E-state index in [2.05, 4.69) is 21.2 Å². The van der Waals surface area contributed by atoms with Crippen LogP contribution in [0.25, 0.3) is 0 Å². The third-order valence-corrected chi connectivity index (χ3v) is 4.32. The van der Waals surface area contributed by atoms with Gasteiger partial charge in [0.25, 0.3) is 5.91 Å². The number of amides is 2. The number of anilines is 1. The van der Waals surface area contributed by atoms with E-state index in [0.717, 1.165) is 26.9 Å². The van der Waals surface area contributed by atoms with Gasteiger partial charge in [0.1, 0.15) is 5.75 Å². The second-order valence-corrected chi connectivity index (χ2v) is 7.28. The van der Waals surface area contributed by atoms with Crippen molar-refractivity contribution in [2.75, 3.05) is 26.0 Å². The minimum atomic E-state index is -0.233. The lowest BCUT2D eigenvalue weighted by molar-refractivity contribution is -0.128. The second-order valence-electron chi connectivity index (χ2n) is 6.37. The Morgan fingerprint density at radius 2 is 1.65 bits per heavy atom. The summed E-state index contributed by atoms with van der Waals surface area (Å²) in [6.45, 7) is 3.82. The van der Waals surface area contributed by atoms with Crippen molar-refractivity contribution < 1.29 is 14.3 Å². The van der Waals surface area contributed by atoms with Crippen molar-refractivity contribution >= 4 is 33.4 Å². The Morgan fingerprint density at radius 1 is 1.08 bits per heavy atom. The molecule has 138 valence electrons. The molecule has 0 saturated carbocycles. The summed E-state index contributed by atoms with van der Waals surface area (Å²) in [5.41, 5.74) is 3.52. The molecule has 0 aromatic heterocycles. The van der Waals surface area contributed by atoms with Gasteiger partial charge in [-0.25, -0.2) is 0 Å². The normalized spacial score (nSPS) is 10.3. The molecule has 0 aliphatic rings. The molecule has 0 unspecified atom stereocenters. The Kier molecular flexibility index (Phi) is 6.80. The summed E-state index contributed by atoms with van der Waals surface area (Å²) < 4.78 is 6.66. The van der Waals surface area contributed by atoms with Gasteiger partial charge in [0, 0.05) is 24.3 Å². The predicted molar refractivity (Wildman–Crippen MR) is 107 cm³/mol. The number of hydrogen-bond donors (Lipinski definition) is 1. The summed E-state index contributed by atoms with van der Waals surface area (Å²) in [5, 5.41) is 2.80. The van der Waals surface area contributed by atoms with Gasteiger partial charge in [0.15, 0.2) is 6.61 Å². The van der Waals surface area contributed by atoms with Gasteiger partial charge >= 0.3 is 0 Å². The van der Waals surface area contributed by atoms with Gasteiger partial charge in [-0.1, -0.05) is 28.1 Å². The van der Waals surface area contributed by atoms with Crippen molar-refractivity contribution in [1.82, 2.24) is 4.90 Å². The lowest BCUT2D eigenvalue weighted by Crippen LogP contribution is -2.23. The minimum Gasteiger partial charge on any atom is -0.483 e. The van der Waals surface area contributed by atoms with Gasteiger partial charge in [-0.3, -0.25) is 9.59 Å². The summed E-state index contributed by atoms with van der Waals surface area (Å²) in [7, 11) is 3.46. The van der Waals surface area contributed by atoms with Crippen LogP contribution < -0.4 is 10.1 Å². The molecule has 2 amide bonds. The van der Waals surface area contributed by atoms with E-state index in [0.29, 0.717) is 12.1 Å². The lowest BCUT2D eigenvalue weighted by atomic mass is 10.1. The molecule has 1 N–H and O–H groups in total. The van der Waals surface area contributed by atoms with E-state index in [4.69, 9.17) is 4.74 Å². The molecular weight excluding hydrogens is 396 g/mol. The Balaban J connectivity index is 1.91. The molecule has 0 heterocycles. The maximum absolute atomic E-state index is 12.1. The molecule has 2 aromatic carbocycles. The quantitative estimate of drug-likeness (QED) is 0.777. The Labute approximate surface area is 162 Å². The second kappa shape index (κ2) is 8.85. The molecule has 2 rings (SSSR count). The van der Waals surface area contributed by atoms with Crippen molar-refractivity contribution in [1.29, 1.82) is 0 Å². The van der Waals surface area contributed by atoms with Gasteiger partial charge in [0.2, 0.25) is 5.91 Å². The van der Waals surface area contributed by atoms with Gasteiger partial charge in [-0.05, 0) is 54.8 Å². The summed E-state index contributed by atoms with van der Waals surface area (Å²) in [6, 6.07) is 11.1. The van der Waals surface area contributed by atoms with Crippen LogP contribution in [0.5, 0.6) is 5.75 Å². The molecule has 0 radical (unpaired) electrons. The Hall–Kier alpha value is -2.34. The number of nitrogens with zero attached hydrogens (tertiary/aromatic N) is 1. The fourth-order valence-corrected chi connectivity index (χ4v) is 3.19. The minimum absolute atomic E-state index is 0.0374. The van der Waals surface area contributed by atoms with Gasteiger partial charge < -0.3 is 15.0 Å². The number of rotatable bonds is 6. The molecule has 26 heavy (non-hydrogen) atoms. The van der Waals surface area contributed by atoms with E-state index in [-0.39, 0.29) is 18.4 Å². The van der Waals surface area contributed by atoms with Crippen LogP contribution in [0.4, 0.5) is 5.69 Å². The zero-order valence-corrected chi connectivity index (χ0v) is 17.0. The molecule has 0 bridgehead atoms. The zero-order chi connectivity index (χ0) is 19.3. The lowest BCUT2D eigenvalue weighted by Gasteiger charge is -2.13. The predicted octanol–water partition coefficient (Wildman–Crippen LogP) is 3.71. The van der Waals surface area contributed by atoms with E-state index in [1.807, 2.05) is 38.1 Å². The van der Waals surface area contributed by atoms with E-state index >= 15 is 0 Å². The van der Waals surface area contributed by atoms with Crippen LogP contribution in [0, 0.1) is 13.8 Å². The fraction of sp³-hybridized carbons (Fsp3) is 0.300. The highest BCUT2D eigenvalue weighted by atomic mass is 79.9. The van der Waals surface area contributed by atoms with Crippen molar-refractivity contribution in [2.45, 2.75) is 20.3 Å². The molecule has 2 aromatic rings.